The maximum atomic E-state index is 14.6. The quantitative estimate of drug-likeness (QED) is 0.121. The van der Waals surface area contributed by atoms with Gasteiger partial charge in [0, 0.05) is 24.5 Å². The molecule has 0 bridgehead atoms. The van der Waals surface area contributed by atoms with Crippen molar-refractivity contribution in [1.29, 1.82) is 0 Å². The molecule has 34 heavy (non-hydrogen) atoms. The Kier molecular flexibility index (Phi) is 15.2. The molecule has 0 heterocycles. The fourth-order valence-electron chi connectivity index (χ4n) is 2.54. The van der Waals surface area contributed by atoms with Crippen LogP contribution in [0.15, 0.2) is 121 Å². The van der Waals surface area contributed by atoms with Gasteiger partial charge in [-0.05, 0) is 47.3 Å². The van der Waals surface area contributed by atoms with E-state index in [1.54, 1.807) is 19.3 Å². The minimum atomic E-state index is -0.502. The molecule has 0 fully saturated rings. The lowest BCUT2D eigenvalue weighted by Gasteiger charge is -2.18. The molecule has 2 atom stereocenters. The minimum absolute atomic E-state index is 0.0592. The lowest BCUT2D eigenvalue weighted by atomic mass is 9.96. The third-order valence-electron chi connectivity index (χ3n) is 5.52. The second-order valence-electron chi connectivity index (χ2n) is 8.31. The van der Waals surface area contributed by atoms with Crippen molar-refractivity contribution in [3.8, 4) is 0 Å². The number of hydrogen-bond donors (Lipinski definition) is 0. The second-order valence-corrected chi connectivity index (χ2v) is 8.31. The van der Waals surface area contributed by atoms with E-state index in [4.69, 9.17) is 9.47 Å². The number of allylic oxidation sites excluding steroid dienone is 14. The van der Waals surface area contributed by atoms with Gasteiger partial charge in [0.15, 0.2) is 0 Å². The molecule has 0 N–H and O–H groups in total. The third-order valence-corrected chi connectivity index (χ3v) is 5.52. The molecule has 0 rings (SSSR count). The smallest absolute Gasteiger partial charge is 0.131 e. The summed E-state index contributed by atoms with van der Waals surface area (Å²) in [7, 11) is 1.65. The van der Waals surface area contributed by atoms with Crippen LogP contribution >= 0.6 is 0 Å². The zero-order valence-electron chi connectivity index (χ0n) is 21.9. The highest BCUT2D eigenvalue weighted by molar-refractivity contribution is 5.52. The van der Waals surface area contributed by atoms with Crippen LogP contribution in [0.5, 0.6) is 0 Å². The van der Waals surface area contributed by atoms with E-state index in [1.807, 2.05) is 19.1 Å². The molecule has 0 aromatic rings. The molecule has 0 spiro atoms. The Bertz CT molecular complexity index is 892. The average molecular weight is 467 g/mol. The van der Waals surface area contributed by atoms with Crippen molar-refractivity contribution in [2.24, 2.45) is 11.8 Å². The Labute approximate surface area is 207 Å². The van der Waals surface area contributed by atoms with Crippen molar-refractivity contribution in [3.05, 3.63) is 121 Å². The average Bonchev–Trinajstić information content (AvgIpc) is 2.83. The Morgan fingerprint density at radius 1 is 0.853 bits per heavy atom. The van der Waals surface area contributed by atoms with Gasteiger partial charge in [-0.3, -0.25) is 0 Å². The van der Waals surface area contributed by atoms with Gasteiger partial charge in [-0.2, -0.15) is 0 Å². The summed E-state index contributed by atoms with van der Waals surface area (Å²) in [5, 5.41) is 0. The van der Waals surface area contributed by atoms with Crippen LogP contribution in [-0.2, 0) is 9.47 Å². The molecule has 3 heteroatoms. The fourth-order valence-corrected chi connectivity index (χ4v) is 2.54. The Hall–Kier alpha value is -2.91. The summed E-state index contributed by atoms with van der Waals surface area (Å²) in [5.74, 6) is 0.795. The van der Waals surface area contributed by atoms with Crippen LogP contribution in [-0.4, -0.2) is 20.3 Å². The first kappa shape index (κ1) is 31.1. The van der Waals surface area contributed by atoms with Gasteiger partial charge in [-0.1, -0.05) is 97.0 Å². The van der Waals surface area contributed by atoms with E-state index in [0.717, 1.165) is 29.7 Å². The maximum Gasteiger partial charge on any atom is 0.131 e. The molecule has 0 aromatic heterocycles. The monoisotopic (exact) mass is 466 g/mol. The molecule has 0 aliphatic heterocycles. The predicted molar refractivity (Wildman–Crippen MR) is 147 cm³/mol. The van der Waals surface area contributed by atoms with Gasteiger partial charge in [0.05, 0.1) is 12.4 Å². The molecule has 0 aliphatic carbocycles. The molecular formula is C31H43FO2. The molecule has 2 nitrogen and oxygen atoms in total. The first-order chi connectivity index (χ1) is 16.0. The summed E-state index contributed by atoms with van der Waals surface area (Å²) in [6.45, 7) is 33.0. The molecule has 0 saturated heterocycles. The van der Waals surface area contributed by atoms with Gasteiger partial charge >= 0.3 is 0 Å². The highest BCUT2D eigenvalue weighted by atomic mass is 19.1. The minimum Gasteiger partial charge on any atom is -0.496 e. The molecule has 0 aromatic carbocycles. The number of halogens is 1. The van der Waals surface area contributed by atoms with Crippen LogP contribution in [0.3, 0.4) is 0 Å². The van der Waals surface area contributed by atoms with Crippen LogP contribution in [0.2, 0.25) is 0 Å². The van der Waals surface area contributed by atoms with Gasteiger partial charge in [0.1, 0.15) is 12.4 Å². The van der Waals surface area contributed by atoms with E-state index < -0.39 is 5.83 Å². The highest BCUT2D eigenvalue weighted by Gasteiger charge is 2.12. The van der Waals surface area contributed by atoms with Crippen LogP contribution < -0.4 is 0 Å². The Morgan fingerprint density at radius 3 is 2.03 bits per heavy atom. The normalized spacial score (nSPS) is 14.2. The zero-order valence-corrected chi connectivity index (χ0v) is 21.9. The molecule has 2 unspecified atom stereocenters. The summed E-state index contributed by atoms with van der Waals surface area (Å²) in [6, 6.07) is 0. The predicted octanol–water partition coefficient (Wildman–Crippen LogP) is 8.93. The Balaban J connectivity index is 5.21. The van der Waals surface area contributed by atoms with Crippen molar-refractivity contribution in [1.82, 2.24) is 0 Å². The van der Waals surface area contributed by atoms with Crippen molar-refractivity contribution in [2.45, 2.75) is 40.5 Å². The zero-order chi connectivity index (χ0) is 26.3. The van der Waals surface area contributed by atoms with E-state index in [9.17, 15) is 4.39 Å². The van der Waals surface area contributed by atoms with E-state index in [2.05, 4.69) is 66.3 Å². The van der Waals surface area contributed by atoms with Crippen molar-refractivity contribution >= 4 is 0 Å². The van der Waals surface area contributed by atoms with E-state index in [1.165, 1.54) is 6.08 Å². The Morgan fingerprint density at radius 2 is 1.47 bits per heavy atom. The molecule has 0 aliphatic rings. The number of rotatable bonds is 17. The third kappa shape index (κ3) is 11.8. The summed E-state index contributed by atoms with van der Waals surface area (Å²) in [4.78, 5) is 0. The first-order valence-electron chi connectivity index (χ1n) is 11.7. The number of methoxy groups -OCH3 is 1. The second kappa shape index (κ2) is 16.7. The van der Waals surface area contributed by atoms with E-state index in [0.29, 0.717) is 35.9 Å². The van der Waals surface area contributed by atoms with E-state index in [-0.39, 0.29) is 11.5 Å². The van der Waals surface area contributed by atoms with Crippen LogP contribution in [0.4, 0.5) is 4.39 Å². The molecule has 0 amide bonds. The van der Waals surface area contributed by atoms with Gasteiger partial charge in [0.25, 0.3) is 0 Å². The lowest BCUT2D eigenvalue weighted by molar-refractivity contribution is 0.0964. The number of ether oxygens (including phenoxy) is 2. The van der Waals surface area contributed by atoms with Gasteiger partial charge in [-0.15, -0.1) is 0 Å². The van der Waals surface area contributed by atoms with Crippen molar-refractivity contribution in [3.63, 3.8) is 0 Å². The summed E-state index contributed by atoms with van der Waals surface area (Å²) in [6.07, 6.45) is 12.4. The lowest BCUT2D eigenvalue weighted by Crippen LogP contribution is -2.09. The topological polar surface area (TPSA) is 18.5 Å². The first-order valence-corrected chi connectivity index (χ1v) is 11.7. The molecule has 186 valence electrons. The molecule has 0 radical (unpaired) electrons. The van der Waals surface area contributed by atoms with Crippen LogP contribution in [0.25, 0.3) is 0 Å². The maximum absolute atomic E-state index is 14.6. The molecule has 0 saturated carbocycles. The largest absolute Gasteiger partial charge is 0.496 e. The summed E-state index contributed by atoms with van der Waals surface area (Å²) >= 11 is 0. The SMILES string of the molecule is C=C(/C=C\C(=C)C(=C)/C(F)=C\C(=C)C(=C)/C=C\C(=C)C(C)/C=C(/OCCOC)C(C)CC)CC. The van der Waals surface area contributed by atoms with Crippen LogP contribution in [0, 0.1) is 11.8 Å². The molecular weight excluding hydrogens is 423 g/mol. The highest BCUT2D eigenvalue weighted by Crippen LogP contribution is 2.24. The van der Waals surface area contributed by atoms with Crippen molar-refractivity contribution in [2.75, 3.05) is 20.3 Å². The van der Waals surface area contributed by atoms with Crippen molar-refractivity contribution < 1.29 is 13.9 Å². The van der Waals surface area contributed by atoms with Crippen LogP contribution in [0.1, 0.15) is 40.5 Å². The standard InChI is InChI=1S/C31H43FO2/c1-12-22(3)14-15-26(7)29(10)30(32)20-27(8)24(5)16-17-25(6)28(9)21-31(23(4)13-2)34-19-18-33-11/h14-17,20-21,23,28H,3,5-8,10,12-13,18-19H2,1-2,4,9,11H3/b15-14-,17-16-,30-20+,31-21+. The number of hydrogen-bond acceptors (Lipinski definition) is 2. The summed E-state index contributed by atoms with van der Waals surface area (Å²) < 4.78 is 25.6. The van der Waals surface area contributed by atoms with E-state index >= 15 is 0 Å². The van der Waals surface area contributed by atoms with Gasteiger partial charge in [-0.25, -0.2) is 4.39 Å². The fraction of sp³-hybridized carbons (Fsp3) is 0.355. The van der Waals surface area contributed by atoms with Gasteiger partial charge < -0.3 is 9.47 Å². The summed E-state index contributed by atoms with van der Waals surface area (Å²) in [5.41, 5.74) is 3.53. The van der Waals surface area contributed by atoms with Gasteiger partial charge in [0.2, 0.25) is 0 Å².